The lowest BCUT2D eigenvalue weighted by molar-refractivity contribution is -0.131. The molecule has 114 valence electrons. The third kappa shape index (κ3) is 2.64. The van der Waals surface area contributed by atoms with Crippen molar-refractivity contribution in [1.29, 1.82) is 0 Å². The molecule has 1 heterocycles. The number of nitrogens with one attached hydrogen (secondary N) is 1. The molecule has 0 aromatic heterocycles. The number of anilines is 1. The SMILES string of the molecule is CC(=NC1CC1)[C@@H]1C(=O)NC(=O)N(c2ccc(C)cc2)C1=O. The summed E-state index contributed by atoms with van der Waals surface area (Å²) >= 11 is 0. The van der Waals surface area contributed by atoms with E-state index in [0.29, 0.717) is 11.4 Å². The molecule has 2 fully saturated rings. The lowest BCUT2D eigenvalue weighted by Crippen LogP contribution is -2.60. The molecule has 0 spiro atoms. The number of amides is 4. The summed E-state index contributed by atoms with van der Waals surface area (Å²) < 4.78 is 0. The lowest BCUT2D eigenvalue weighted by atomic mass is 9.99. The number of aliphatic imine (C=N–C) groups is 1. The number of benzene rings is 1. The summed E-state index contributed by atoms with van der Waals surface area (Å²) in [5.74, 6) is -2.17. The molecule has 4 amide bonds. The van der Waals surface area contributed by atoms with E-state index in [0.717, 1.165) is 23.3 Å². The number of carbonyl (C=O) groups excluding carboxylic acids is 3. The summed E-state index contributed by atoms with van der Waals surface area (Å²) in [5.41, 5.74) is 1.94. The van der Waals surface area contributed by atoms with Crippen molar-refractivity contribution >= 4 is 29.2 Å². The number of carbonyl (C=O) groups is 3. The van der Waals surface area contributed by atoms with Crippen LogP contribution in [-0.2, 0) is 9.59 Å². The van der Waals surface area contributed by atoms with Crippen molar-refractivity contribution in [2.75, 3.05) is 4.90 Å². The smallest absolute Gasteiger partial charge is 0.290 e. The highest BCUT2D eigenvalue weighted by molar-refractivity contribution is 6.35. The number of barbiturate groups is 1. The summed E-state index contributed by atoms with van der Waals surface area (Å²) in [5, 5.41) is 2.24. The van der Waals surface area contributed by atoms with Gasteiger partial charge in [0.05, 0.1) is 11.7 Å². The quantitative estimate of drug-likeness (QED) is 0.683. The molecule has 1 aliphatic carbocycles. The van der Waals surface area contributed by atoms with Crippen LogP contribution in [-0.4, -0.2) is 29.6 Å². The zero-order valence-corrected chi connectivity index (χ0v) is 12.5. The first-order valence-electron chi connectivity index (χ1n) is 7.27. The summed E-state index contributed by atoms with van der Waals surface area (Å²) in [6.07, 6.45) is 1.97. The van der Waals surface area contributed by atoms with Crippen LogP contribution in [0.15, 0.2) is 29.3 Å². The average Bonchev–Trinajstić information content (AvgIpc) is 3.24. The first kappa shape index (κ1) is 14.4. The van der Waals surface area contributed by atoms with Gasteiger partial charge in [0, 0.05) is 5.71 Å². The number of hydrogen-bond donors (Lipinski definition) is 1. The van der Waals surface area contributed by atoms with Gasteiger partial charge in [0.25, 0.3) is 5.91 Å². The van der Waals surface area contributed by atoms with Crippen molar-refractivity contribution in [2.24, 2.45) is 10.9 Å². The number of urea groups is 1. The zero-order chi connectivity index (χ0) is 15.9. The molecule has 1 aromatic carbocycles. The van der Waals surface area contributed by atoms with Gasteiger partial charge < -0.3 is 0 Å². The Kier molecular flexibility index (Phi) is 3.52. The van der Waals surface area contributed by atoms with E-state index in [9.17, 15) is 14.4 Å². The molecule has 1 aromatic rings. The van der Waals surface area contributed by atoms with E-state index in [-0.39, 0.29) is 6.04 Å². The summed E-state index contributed by atoms with van der Waals surface area (Å²) in [6, 6.07) is 6.50. The van der Waals surface area contributed by atoms with Crippen LogP contribution < -0.4 is 10.2 Å². The minimum atomic E-state index is -1.03. The van der Waals surface area contributed by atoms with Crippen LogP contribution in [0.4, 0.5) is 10.5 Å². The summed E-state index contributed by atoms with van der Waals surface area (Å²) in [6.45, 7) is 3.59. The second kappa shape index (κ2) is 5.36. The fourth-order valence-electron chi connectivity index (χ4n) is 2.45. The summed E-state index contributed by atoms with van der Waals surface area (Å²) in [7, 11) is 0. The Morgan fingerprint density at radius 1 is 1.18 bits per heavy atom. The second-order valence-electron chi connectivity index (χ2n) is 5.74. The molecule has 6 heteroatoms. The van der Waals surface area contributed by atoms with Crippen molar-refractivity contribution in [3.8, 4) is 0 Å². The van der Waals surface area contributed by atoms with Crippen LogP contribution in [0.1, 0.15) is 25.3 Å². The van der Waals surface area contributed by atoms with E-state index in [1.807, 2.05) is 19.1 Å². The van der Waals surface area contributed by atoms with Gasteiger partial charge in [-0.25, -0.2) is 9.69 Å². The lowest BCUT2D eigenvalue weighted by Gasteiger charge is -2.30. The van der Waals surface area contributed by atoms with E-state index >= 15 is 0 Å². The number of imide groups is 2. The molecule has 3 rings (SSSR count). The van der Waals surface area contributed by atoms with Gasteiger partial charge in [-0.2, -0.15) is 0 Å². The van der Waals surface area contributed by atoms with Crippen molar-refractivity contribution in [1.82, 2.24) is 5.32 Å². The standard InChI is InChI=1S/C16H17N3O3/c1-9-3-7-12(8-4-9)19-15(21)13(14(20)18-16(19)22)10(2)17-11-5-6-11/h3-4,7-8,11,13H,5-6H2,1-2H3,(H,18,20,22)/t13-/m1/s1. The number of nitrogens with zero attached hydrogens (tertiary/aromatic N) is 2. The van der Waals surface area contributed by atoms with Crippen molar-refractivity contribution in [2.45, 2.75) is 32.7 Å². The molecular weight excluding hydrogens is 282 g/mol. The molecule has 1 saturated heterocycles. The van der Waals surface area contributed by atoms with Gasteiger partial charge in [0.2, 0.25) is 5.91 Å². The maximum atomic E-state index is 12.6. The minimum Gasteiger partial charge on any atom is -0.290 e. The Balaban J connectivity index is 1.93. The Bertz CT molecular complexity index is 674. The predicted octanol–water partition coefficient (Wildman–Crippen LogP) is 1.82. The average molecular weight is 299 g/mol. The Morgan fingerprint density at radius 2 is 1.82 bits per heavy atom. The highest BCUT2D eigenvalue weighted by atomic mass is 16.2. The second-order valence-corrected chi connectivity index (χ2v) is 5.74. The molecule has 1 aliphatic heterocycles. The zero-order valence-electron chi connectivity index (χ0n) is 12.5. The molecule has 1 N–H and O–H groups in total. The molecule has 0 unspecified atom stereocenters. The highest BCUT2D eigenvalue weighted by Crippen LogP contribution is 2.26. The normalized spacial score (nSPS) is 22.8. The number of aryl methyl sites for hydroxylation is 1. The molecule has 0 bridgehead atoms. The predicted molar refractivity (Wildman–Crippen MR) is 81.8 cm³/mol. The van der Waals surface area contributed by atoms with Crippen LogP contribution in [0.5, 0.6) is 0 Å². The van der Waals surface area contributed by atoms with E-state index in [2.05, 4.69) is 10.3 Å². The minimum absolute atomic E-state index is 0.214. The van der Waals surface area contributed by atoms with Crippen LogP contribution >= 0.6 is 0 Å². The third-order valence-corrected chi connectivity index (χ3v) is 3.81. The van der Waals surface area contributed by atoms with E-state index in [4.69, 9.17) is 0 Å². The van der Waals surface area contributed by atoms with E-state index in [1.165, 1.54) is 0 Å². The maximum Gasteiger partial charge on any atom is 0.335 e. The molecule has 2 aliphatic rings. The van der Waals surface area contributed by atoms with Gasteiger partial charge in [0.15, 0.2) is 5.92 Å². The van der Waals surface area contributed by atoms with Gasteiger partial charge in [-0.15, -0.1) is 0 Å². The molecule has 6 nitrogen and oxygen atoms in total. The number of rotatable bonds is 3. The fourth-order valence-corrected chi connectivity index (χ4v) is 2.45. The van der Waals surface area contributed by atoms with Gasteiger partial charge in [0.1, 0.15) is 0 Å². The Morgan fingerprint density at radius 3 is 2.41 bits per heavy atom. The first-order chi connectivity index (χ1) is 10.5. The maximum absolute atomic E-state index is 12.6. The van der Waals surface area contributed by atoms with E-state index < -0.39 is 23.8 Å². The van der Waals surface area contributed by atoms with Crippen molar-refractivity contribution in [3.05, 3.63) is 29.8 Å². The van der Waals surface area contributed by atoms with Crippen LogP contribution in [0.2, 0.25) is 0 Å². The van der Waals surface area contributed by atoms with Crippen molar-refractivity contribution < 1.29 is 14.4 Å². The van der Waals surface area contributed by atoms with Crippen LogP contribution in [0.25, 0.3) is 0 Å². The van der Waals surface area contributed by atoms with Crippen LogP contribution in [0.3, 0.4) is 0 Å². The number of hydrogen-bond acceptors (Lipinski definition) is 4. The molecule has 22 heavy (non-hydrogen) atoms. The van der Waals surface area contributed by atoms with Gasteiger partial charge in [-0.05, 0) is 38.8 Å². The Labute approximate surface area is 128 Å². The molecule has 1 saturated carbocycles. The van der Waals surface area contributed by atoms with E-state index in [1.54, 1.807) is 19.1 Å². The monoisotopic (exact) mass is 299 g/mol. The van der Waals surface area contributed by atoms with Gasteiger partial charge in [-0.1, -0.05) is 17.7 Å². The molecule has 0 radical (unpaired) electrons. The van der Waals surface area contributed by atoms with Crippen molar-refractivity contribution in [3.63, 3.8) is 0 Å². The topological polar surface area (TPSA) is 78.8 Å². The third-order valence-electron chi connectivity index (χ3n) is 3.81. The fraction of sp³-hybridized carbons (Fsp3) is 0.375. The summed E-state index contributed by atoms with van der Waals surface area (Å²) in [4.78, 5) is 42.1. The Hall–Kier alpha value is -2.50. The first-order valence-corrected chi connectivity index (χ1v) is 7.27. The van der Waals surface area contributed by atoms with Gasteiger partial charge in [-0.3, -0.25) is 19.9 Å². The van der Waals surface area contributed by atoms with Gasteiger partial charge >= 0.3 is 6.03 Å². The largest absolute Gasteiger partial charge is 0.335 e. The van der Waals surface area contributed by atoms with Crippen LogP contribution in [0, 0.1) is 12.8 Å². The molecule has 1 atom stereocenters. The molecular formula is C16H17N3O3. The highest BCUT2D eigenvalue weighted by Gasteiger charge is 2.43.